The Morgan fingerprint density at radius 3 is 2.41 bits per heavy atom. The molecule has 0 radical (unpaired) electrons. The quantitative estimate of drug-likeness (QED) is 0.805. The Balaban J connectivity index is 2.89. The number of rotatable bonds is 2. The largest absolute Gasteiger partial charge is 0.399 e. The minimum atomic E-state index is -0.488. The molecule has 0 fully saturated rings. The molecule has 0 heterocycles. The molecule has 3 nitrogen and oxygen atoms in total. The number of amides is 1. The number of carbonyl (C=O) groups excluding carboxylic acids is 1. The minimum absolute atomic E-state index is 0.00325. The Hall–Kier alpha value is -1.58. The molecule has 0 saturated carbocycles. The third kappa shape index (κ3) is 4.06. The molecule has 0 bridgehead atoms. The number of halogens is 1. The van der Waals surface area contributed by atoms with Gasteiger partial charge in [0.05, 0.1) is 0 Å². The first kappa shape index (κ1) is 13.5. The lowest BCUT2D eigenvalue weighted by Crippen LogP contribution is -2.34. The molecular weight excluding hydrogens is 219 g/mol. The molecule has 0 aliphatic carbocycles. The Morgan fingerprint density at radius 2 is 1.94 bits per heavy atom. The highest BCUT2D eigenvalue weighted by molar-refractivity contribution is 5.94. The van der Waals surface area contributed by atoms with Crippen LogP contribution in [0.1, 0.15) is 31.1 Å². The monoisotopic (exact) mass is 238 g/mol. The highest BCUT2D eigenvalue weighted by Gasteiger charge is 2.19. The lowest BCUT2D eigenvalue weighted by Gasteiger charge is -2.26. The number of nitrogens with zero attached hydrogens (tertiary/aromatic N) is 1. The third-order valence-corrected chi connectivity index (χ3v) is 2.23. The van der Waals surface area contributed by atoms with Crippen molar-refractivity contribution in [3.63, 3.8) is 0 Å². The van der Waals surface area contributed by atoms with Crippen LogP contribution in [0, 0.1) is 11.2 Å². The van der Waals surface area contributed by atoms with E-state index in [0.29, 0.717) is 6.54 Å². The van der Waals surface area contributed by atoms with Gasteiger partial charge < -0.3 is 10.6 Å². The summed E-state index contributed by atoms with van der Waals surface area (Å²) in [4.78, 5) is 13.6. The van der Waals surface area contributed by atoms with Crippen LogP contribution in [0.5, 0.6) is 0 Å². The van der Waals surface area contributed by atoms with Crippen molar-refractivity contribution in [3.05, 3.63) is 29.6 Å². The van der Waals surface area contributed by atoms with Crippen LogP contribution in [-0.4, -0.2) is 24.4 Å². The zero-order chi connectivity index (χ0) is 13.2. The summed E-state index contributed by atoms with van der Waals surface area (Å²) in [6.07, 6.45) is 0. The molecule has 94 valence electrons. The predicted octanol–water partition coefficient (Wildman–Crippen LogP) is 2.53. The average molecular weight is 238 g/mol. The summed E-state index contributed by atoms with van der Waals surface area (Å²) in [6, 6.07) is 3.89. The molecule has 0 saturated heterocycles. The highest BCUT2D eigenvalue weighted by Crippen LogP contribution is 2.17. The van der Waals surface area contributed by atoms with E-state index in [-0.39, 0.29) is 22.6 Å². The van der Waals surface area contributed by atoms with Crippen LogP contribution < -0.4 is 5.73 Å². The Bertz CT molecular complexity index is 404. The molecule has 1 aromatic carbocycles. The number of nitrogen functional groups attached to an aromatic ring is 1. The highest BCUT2D eigenvalue weighted by atomic mass is 19.1. The smallest absolute Gasteiger partial charge is 0.253 e. The van der Waals surface area contributed by atoms with Crippen LogP contribution in [-0.2, 0) is 0 Å². The van der Waals surface area contributed by atoms with E-state index < -0.39 is 5.82 Å². The Labute approximate surface area is 101 Å². The van der Waals surface area contributed by atoms with Crippen LogP contribution in [0.3, 0.4) is 0 Å². The lowest BCUT2D eigenvalue weighted by atomic mass is 9.96. The van der Waals surface area contributed by atoms with Gasteiger partial charge in [-0.3, -0.25) is 4.79 Å². The van der Waals surface area contributed by atoms with Gasteiger partial charge in [-0.1, -0.05) is 20.8 Å². The van der Waals surface area contributed by atoms with E-state index in [9.17, 15) is 9.18 Å². The van der Waals surface area contributed by atoms with Crippen molar-refractivity contribution in [2.75, 3.05) is 19.3 Å². The molecule has 17 heavy (non-hydrogen) atoms. The molecule has 0 unspecified atom stereocenters. The molecule has 0 aromatic heterocycles. The van der Waals surface area contributed by atoms with Crippen LogP contribution in [0.2, 0.25) is 0 Å². The summed E-state index contributed by atoms with van der Waals surface area (Å²) in [7, 11) is 1.70. The third-order valence-electron chi connectivity index (χ3n) is 2.23. The van der Waals surface area contributed by atoms with Crippen molar-refractivity contribution in [1.82, 2.24) is 4.90 Å². The van der Waals surface area contributed by atoms with Gasteiger partial charge in [0.25, 0.3) is 5.91 Å². The molecule has 0 spiro atoms. The first-order chi connectivity index (χ1) is 7.69. The number of hydrogen-bond acceptors (Lipinski definition) is 2. The van der Waals surface area contributed by atoms with Gasteiger partial charge in [-0.2, -0.15) is 0 Å². The van der Waals surface area contributed by atoms with E-state index in [1.165, 1.54) is 18.2 Å². The van der Waals surface area contributed by atoms with Gasteiger partial charge >= 0.3 is 0 Å². The minimum Gasteiger partial charge on any atom is -0.399 e. The fourth-order valence-electron chi connectivity index (χ4n) is 1.74. The molecule has 1 rings (SSSR count). The van der Waals surface area contributed by atoms with Crippen molar-refractivity contribution in [1.29, 1.82) is 0 Å². The van der Waals surface area contributed by atoms with E-state index in [4.69, 9.17) is 5.73 Å². The summed E-state index contributed by atoms with van der Waals surface area (Å²) < 4.78 is 13.1. The topological polar surface area (TPSA) is 46.3 Å². The number of hydrogen-bond donors (Lipinski definition) is 1. The number of benzene rings is 1. The number of nitrogens with two attached hydrogens (primary N) is 1. The molecule has 0 aliphatic heterocycles. The van der Waals surface area contributed by atoms with E-state index in [2.05, 4.69) is 0 Å². The van der Waals surface area contributed by atoms with Crippen molar-refractivity contribution in [2.24, 2.45) is 5.41 Å². The van der Waals surface area contributed by atoms with Crippen LogP contribution in [0.15, 0.2) is 18.2 Å². The molecule has 2 N–H and O–H groups in total. The molecule has 1 amide bonds. The van der Waals surface area contributed by atoms with Gasteiger partial charge in [0.2, 0.25) is 0 Å². The van der Waals surface area contributed by atoms with Gasteiger partial charge in [0.1, 0.15) is 5.82 Å². The van der Waals surface area contributed by atoms with Gasteiger partial charge in [-0.15, -0.1) is 0 Å². The fourth-order valence-corrected chi connectivity index (χ4v) is 1.74. The van der Waals surface area contributed by atoms with Crippen LogP contribution >= 0.6 is 0 Å². The number of carbonyl (C=O) groups is 1. The predicted molar refractivity (Wildman–Crippen MR) is 67.2 cm³/mol. The van der Waals surface area contributed by atoms with Crippen molar-refractivity contribution in [3.8, 4) is 0 Å². The SMILES string of the molecule is CN(CC(C)(C)C)C(=O)c1cc(N)cc(F)c1. The van der Waals surface area contributed by atoms with Gasteiger partial charge in [-0.05, 0) is 23.6 Å². The zero-order valence-corrected chi connectivity index (χ0v) is 10.7. The first-order valence-corrected chi connectivity index (χ1v) is 5.50. The summed E-state index contributed by atoms with van der Waals surface area (Å²) in [5.74, 6) is -0.705. The van der Waals surface area contributed by atoms with Crippen LogP contribution in [0.25, 0.3) is 0 Å². The maximum absolute atomic E-state index is 13.1. The first-order valence-electron chi connectivity index (χ1n) is 5.50. The second-order valence-electron chi connectivity index (χ2n) is 5.50. The van der Waals surface area contributed by atoms with Gasteiger partial charge in [-0.25, -0.2) is 4.39 Å². The second kappa shape index (κ2) is 4.73. The fraction of sp³-hybridized carbons (Fsp3) is 0.462. The van der Waals surface area contributed by atoms with E-state index in [1.807, 2.05) is 20.8 Å². The second-order valence-corrected chi connectivity index (χ2v) is 5.50. The molecule has 0 atom stereocenters. The Morgan fingerprint density at radius 1 is 1.35 bits per heavy atom. The molecular formula is C13H19FN2O. The van der Waals surface area contributed by atoms with Crippen molar-refractivity contribution >= 4 is 11.6 Å². The van der Waals surface area contributed by atoms with Crippen molar-refractivity contribution in [2.45, 2.75) is 20.8 Å². The lowest BCUT2D eigenvalue weighted by molar-refractivity contribution is 0.0745. The van der Waals surface area contributed by atoms with E-state index in [0.717, 1.165) is 0 Å². The summed E-state index contributed by atoms with van der Waals surface area (Å²) in [5.41, 5.74) is 6.07. The average Bonchev–Trinajstić information content (AvgIpc) is 2.12. The number of anilines is 1. The summed E-state index contributed by atoms with van der Waals surface area (Å²) in [6.45, 7) is 6.71. The molecule has 0 aliphatic rings. The maximum atomic E-state index is 13.1. The summed E-state index contributed by atoms with van der Waals surface area (Å²) in [5, 5.41) is 0. The van der Waals surface area contributed by atoms with Gasteiger partial charge in [0, 0.05) is 24.8 Å². The standard InChI is InChI=1S/C13H19FN2O/c1-13(2,3)8-16(4)12(17)9-5-10(14)7-11(15)6-9/h5-7H,8,15H2,1-4H3. The van der Waals surface area contributed by atoms with E-state index >= 15 is 0 Å². The van der Waals surface area contributed by atoms with Gasteiger partial charge in [0.15, 0.2) is 0 Å². The van der Waals surface area contributed by atoms with Crippen LogP contribution in [0.4, 0.5) is 10.1 Å². The maximum Gasteiger partial charge on any atom is 0.253 e. The summed E-state index contributed by atoms with van der Waals surface area (Å²) >= 11 is 0. The zero-order valence-electron chi connectivity index (χ0n) is 10.7. The van der Waals surface area contributed by atoms with Crippen molar-refractivity contribution < 1.29 is 9.18 Å². The molecule has 1 aromatic rings. The Kier molecular flexibility index (Phi) is 3.76. The van der Waals surface area contributed by atoms with E-state index in [1.54, 1.807) is 11.9 Å². The normalized spacial score (nSPS) is 11.4. The molecule has 4 heteroatoms.